The quantitative estimate of drug-likeness (QED) is 0.816. The summed E-state index contributed by atoms with van der Waals surface area (Å²) in [5.74, 6) is 1.36. The average molecular weight is 267 g/mol. The van der Waals surface area contributed by atoms with Gasteiger partial charge in [-0.15, -0.1) is 0 Å². The van der Waals surface area contributed by atoms with Crippen molar-refractivity contribution < 1.29 is 9.84 Å². The monoisotopic (exact) mass is 267 g/mol. The zero-order valence-electron chi connectivity index (χ0n) is 12.2. The van der Waals surface area contributed by atoms with Gasteiger partial charge in [0.05, 0.1) is 26.0 Å². The molecule has 0 amide bonds. The van der Waals surface area contributed by atoms with E-state index in [2.05, 4.69) is 10.00 Å². The summed E-state index contributed by atoms with van der Waals surface area (Å²) in [6, 6.07) is 0. The molecule has 0 spiro atoms. The molecule has 19 heavy (non-hydrogen) atoms. The topological polar surface area (TPSA) is 50.5 Å². The minimum atomic E-state index is -0.468. The molecule has 0 radical (unpaired) electrons. The molecule has 1 fully saturated rings. The normalized spacial score (nSPS) is 17.5. The Labute approximate surface area is 115 Å². The van der Waals surface area contributed by atoms with E-state index in [4.69, 9.17) is 4.74 Å². The number of aliphatic hydroxyl groups excluding tert-OH is 1. The first-order valence-electron chi connectivity index (χ1n) is 7.04. The third-order valence-electron chi connectivity index (χ3n) is 3.92. The van der Waals surface area contributed by atoms with Crippen LogP contribution in [0, 0.1) is 5.92 Å². The van der Waals surface area contributed by atoms with E-state index < -0.39 is 6.10 Å². The van der Waals surface area contributed by atoms with E-state index in [1.54, 1.807) is 13.3 Å². The van der Waals surface area contributed by atoms with E-state index >= 15 is 0 Å². The van der Waals surface area contributed by atoms with Crippen LogP contribution in [0.2, 0.25) is 0 Å². The maximum Gasteiger partial charge on any atom is 0.162 e. The first-order valence-corrected chi connectivity index (χ1v) is 7.04. The second-order valence-corrected chi connectivity index (χ2v) is 5.67. The average Bonchev–Trinajstić information content (AvgIpc) is 2.73. The van der Waals surface area contributed by atoms with E-state index in [1.165, 1.54) is 19.3 Å². The summed E-state index contributed by atoms with van der Waals surface area (Å²) in [6.45, 7) is 1.67. The zero-order chi connectivity index (χ0) is 13.8. The molecule has 0 saturated heterocycles. The number of aliphatic hydroxyl groups is 1. The Morgan fingerprint density at radius 3 is 2.79 bits per heavy atom. The van der Waals surface area contributed by atoms with Crippen molar-refractivity contribution in [2.75, 3.05) is 27.7 Å². The van der Waals surface area contributed by atoms with Gasteiger partial charge in [-0.25, -0.2) is 0 Å². The van der Waals surface area contributed by atoms with Gasteiger partial charge in [0.2, 0.25) is 0 Å². The number of aromatic nitrogens is 2. The summed E-state index contributed by atoms with van der Waals surface area (Å²) in [6.07, 6.45) is 5.84. The molecule has 5 heteroatoms. The van der Waals surface area contributed by atoms with Gasteiger partial charge in [0.15, 0.2) is 5.75 Å². The van der Waals surface area contributed by atoms with Crippen molar-refractivity contribution >= 4 is 0 Å². The fraction of sp³-hybridized carbons (Fsp3) is 0.786. The van der Waals surface area contributed by atoms with E-state index in [9.17, 15) is 5.11 Å². The highest BCUT2D eigenvalue weighted by Crippen LogP contribution is 2.37. The second-order valence-electron chi connectivity index (χ2n) is 5.67. The molecule has 0 aliphatic heterocycles. The van der Waals surface area contributed by atoms with Crippen molar-refractivity contribution in [2.45, 2.75) is 38.3 Å². The van der Waals surface area contributed by atoms with Crippen molar-refractivity contribution in [3.05, 3.63) is 11.9 Å². The molecule has 1 aromatic heterocycles. The van der Waals surface area contributed by atoms with Gasteiger partial charge < -0.3 is 14.7 Å². The van der Waals surface area contributed by atoms with Crippen LogP contribution in [0.4, 0.5) is 0 Å². The highest BCUT2D eigenvalue weighted by Gasteiger charge is 2.26. The van der Waals surface area contributed by atoms with E-state index in [-0.39, 0.29) is 0 Å². The third kappa shape index (κ3) is 3.48. The molecule has 2 rings (SSSR count). The standard InChI is InChI=1S/C14H25N3O2/c1-16(2)7-8-17-14(13(19-3)10-15-17)12(18)9-11-5-4-6-11/h10-12,18H,4-9H2,1-3H3. The molecule has 1 aromatic rings. The molecular weight excluding hydrogens is 242 g/mol. The number of ether oxygens (including phenoxy) is 1. The Bertz CT molecular complexity index is 399. The van der Waals surface area contributed by atoms with Gasteiger partial charge in [-0.2, -0.15) is 5.10 Å². The number of hydrogen-bond donors (Lipinski definition) is 1. The van der Waals surface area contributed by atoms with Crippen LogP contribution in [0.3, 0.4) is 0 Å². The van der Waals surface area contributed by atoms with E-state index in [0.717, 1.165) is 25.2 Å². The second kappa shape index (κ2) is 6.39. The van der Waals surface area contributed by atoms with Crippen molar-refractivity contribution in [1.29, 1.82) is 0 Å². The van der Waals surface area contributed by atoms with Crippen LogP contribution in [0.25, 0.3) is 0 Å². The molecule has 1 atom stereocenters. The molecule has 1 aliphatic carbocycles. The highest BCUT2D eigenvalue weighted by molar-refractivity contribution is 5.27. The number of rotatable bonds is 7. The van der Waals surface area contributed by atoms with Crippen LogP contribution in [0.1, 0.15) is 37.5 Å². The molecule has 1 saturated carbocycles. The molecule has 5 nitrogen and oxygen atoms in total. The highest BCUT2D eigenvalue weighted by atomic mass is 16.5. The molecular formula is C14H25N3O2. The van der Waals surface area contributed by atoms with Crippen molar-refractivity contribution in [1.82, 2.24) is 14.7 Å². The van der Waals surface area contributed by atoms with Crippen LogP contribution < -0.4 is 4.74 Å². The molecule has 1 aliphatic rings. The smallest absolute Gasteiger partial charge is 0.162 e. The van der Waals surface area contributed by atoms with Gasteiger partial charge in [0.25, 0.3) is 0 Å². The van der Waals surface area contributed by atoms with Gasteiger partial charge >= 0.3 is 0 Å². The number of methoxy groups -OCH3 is 1. The predicted molar refractivity (Wildman–Crippen MR) is 74.3 cm³/mol. The summed E-state index contributed by atoms with van der Waals surface area (Å²) in [5.41, 5.74) is 0.830. The van der Waals surface area contributed by atoms with Gasteiger partial charge in [-0.3, -0.25) is 4.68 Å². The minimum Gasteiger partial charge on any atom is -0.493 e. The van der Waals surface area contributed by atoms with Gasteiger partial charge in [-0.05, 0) is 26.4 Å². The van der Waals surface area contributed by atoms with E-state index in [1.807, 2.05) is 18.8 Å². The van der Waals surface area contributed by atoms with Crippen LogP contribution >= 0.6 is 0 Å². The first-order chi connectivity index (χ1) is 9.11. The molecule has 1 N–H and O–H groups in total. The van der Waals surface area contributed by atoms with Crippen molar-refractivity contribution in [2.24, 2.45) is 5.92 Å². The summed E-state index contributed by atoms with van der Waals surface area (Å²) in [5, 5.41) is 14.8. The Kier molecular flexibility index (Phi) is 4.82. The number of hydrogen-bond acceptors (Lipinski definition) is 4. The van der Waals surface area contributed by atoms with Crippen molar-refractivity contribution in [3.63, 3.8) is 0 Å². The van der Waals surface area contributed by atoms with Gasteiger partial charge in [-0.1, -0.05) is 19.3 Å². The summed E-state index contributed by atoms with van der Waals surface area (Å²) >= 11 is 0. The Hall–Kier alpha value is -1.07. The maximum absolute atomic E-state index is 10.4. The molecule has 1 unspecified atom stereocenters. The number of nitrogens with zero attached hydrogens (tertiary/aromatic N) is 3. The lowest BCUT2D eigenvalue weighted by atomic mass is 9.81. The van der Waals surface area contributed by atoms with Crippen LogP contribution in [0.15, 0.2) is 6.20 Å². The summed E-state index contributed by atoms with van der Waals surface area (Å²) < 4.78 is 7.21. The lowest BCUT2D eigenvalue weighted by molar-refractivity contribution is 0.107. The maximum atomic E-state index is 10.4. The van der Waals surface area contributed by atoms with Crippen LogP contribution in [-0.4, -0.2) is 47.5 Å². The molecule has 0 aromatic carbocycles. The zero-order valence-corrected chi connectivity index (χ0v) is 12.2. The SMILES string of the molecule is COc1cnn(CCN(C)C)c1C(O)CC1CCC1. The molecule has 0 bridgehead atoms. The van der Waals surface area contributed by atoms with Gasteiger partial charge in [0.1, 0.15) is 5.69 Å². The van der Waals surface area contributed by atoms with Gasteiger partial charge in [0, 0.05) is 6.54 Å². The lowest BCUT2D eigenvalue weighted by Crippen LogP contribution is -2.22. The minimum absolute atomic E-state index is 0.468. The van der Waals surface area contributed by atoms with Crippen LogP contribution in [0.5, 0.6) is 5.75 Å². The van der Waals surface area contributed by atoms with E-state index in [0.29, 0.717) is 11.7 Å². The molecule has 108 valence electrons. The Morgan fingerprint density at radius 2 is 2.26 bits per heavy atom. The number of likely N-dealkylation sites (N-methyl/N-ethyl adjacent to an activating group) is 1. The third-order valence-corrected chi connectivity index (χ3v) is 3.92. The molecule has 1 heterocycles. The largest absolute Gasteiger partial charge is 0.493 e. The van der Waals surface area contributed by atoms with Crippen molar-refractivity contribution in [3.8, 4) is 5.75 Å². The fourth-order valence-electron chi connectivity index (χ4n) is 2.50. The fourth-order valence-corrected chi connectivity index (χ4v) is 2.50. The lowest BCUT2D eigenvalue weighted by Gasteiger charge is -2.28. The Balaban J connectivity index is 2.07. The summed E-state index contributed by atoms with van der Waals surface area (Å²) in [7, 11) is 5.70. The van der Waals surface area contributed by atoms with Crippen LogP contribution in [-0.2, 0) is 6.54 Å². The predicted octanol–water partition coefficient (Wildman–Crippen LogP) is 1.68. The first kappa shape index (κ1) is 14.3. The Morgan fingerprint density at radius 1 is 1.53 bits per heavy atom. The summed E-state index contributed by atoms with van der Waals surface area (Å²) in [4.78, 5) is 2.11.